The first-order valence-electron chi connectivity index (χ1n) is 9.30. The van der Waals surface area contributed by atoms with Gasteiger partial charge in [-0.3, -0.25) is 9.52 Å². The van der Waals surface area contributed by atoms with E-state index in [2.05, 4.69) is 16.6 Å². The Morgan fingerprint density at radius 3 is 2.29 bits per heavy atom. The second-order valence-electron chi connectivity index (χ2n) is 6.86. The third kappa shape index (κ3) is 6.16. The van der Waals surface area contributed by atoms with Crippen molar-refractivity contribution in [3.05, 3.63) is 96.3 Å². The number of carbonyl (C=O) groups excluding carboxylic acids is 1. The average molecular weight is 440 g/mol. The molecule has 0 unspecified atom stereocenters. The van der Waals surface area contributed by atoms with Crippen LogP contribution in [0.25, 0.3) is 0 Å². The van der Waals surface area contributed by atoms with Gasteiger partial charge in [0.2, 0.25) is 0 Å². The quantitative estimate of drug-likeness (QED) is 0.491. The number of rotatable bonds is 8. The van der Waals surface area contributed by atoms with Crippen molar-refractivity contribution in [3.8, 4) is 5.75 Å². The van der Waals surface area contributed by atoms with E-state index in [0.717, 1.165) is 17.7 Å². The Morgan fingerprint density at radius 1 is 1.00 bits per heavy atom. The standard InChI is InChI=1S/C23H21FN2O4S/c1-16(2)15-30-21-5-3-4-17(14-21)23(27)25-19-10-12-22(13-11-19)31(28,29)26-20-8-6-18(24)7-9-20/h3-14,26H,1,15H2,2H3,(H,25,27). The lowest BCUT2D eigenvalue weighted by molar-refractivity contribution is 0.102. The van der Waals surface area contributed by atoms with Gasteiger partial charge in [-0.25, -0.2) is 12.8 Å². The SMILES string of the molecule is C=C(C)COc1cccc(C(=O)Nc2ccc(S(=O)(=O)Nc3ccc(F)cc3)cc2)c1. The lowest BCUT2D eigenvalue weighted by Crippen LogP contribution is -2.14. The molecule has 8 heteroatoms. The maximum Gasteiger partial charge on any atom is 0.261 e. The number of halogens is 1. The third-order valence-corrected chi connectivity index (χ3v) is 5.50. The monoisotopic (exact) mass is 440 g/mol. The van der Waals surface area contributed by atoms with E-state index in [1.54, 1.807) is 24.3 Å². The Labute approximate surface area is 180 Å². The summed E-state index contributed by atoms with van der Waals surface area (Å²) >= 11 is 0. The minimum Gasteiger partial charge on any atom is -0.489 e. The predicted molar refractivity (Wildman–Crippen MR) is 118 cm³/mol. The number of benzene rings is 3. The molecule has 1 amide bonds. The van der Waals surface area contributed by atoms with Gasteiger partial charge in [0.15, 0.2) is 0 Å². The number of amides is 1. The summed E-state index contributed by atoms with van der Waals surface area (Å²) in [6.07, 6.45) is 0. The zero-order chi connectivity index (χ0) is 22.4. The van der Waals surface area contributed by atoms with Crippen LogP contribution in [0.1, 0.15) is 17.3 Å². The molecule has 0 aliphatic heterocycles. The van der Waals surface area contributed by atoms with Crippen LogP contribution in [-0.4, -0.2) is 20.9 Å². The molecule has 0 saturated heterocycles. The van der Waals surface area contributed by atoms with Crippen molar-refractivity contribution >= 4 is 27.3 Å². The van der Waals surface area contributed by atoms with Gasteiger partial charge in [-0.1, -0.05) is 12.6 Å². The van der Waals surface area contributed by atoms with Crippen molar-refractivity contribution in [1.82, 2.24) is 0 Å². The number of ether oxygens (including phenoxy) is 1. The lowest BCUT2D eigenvalue weighted by Gasteiger charge is -2.10. The molecular weight excluding hydrogens is 419 g/mol. The van der Waals surface area contributed by atoms with Crippen LogP contribution in [0.4, 0.5) is 15.8 Å². The number of hydrogen-bond acceptors (Lipinski definition) is 4. The molecule has 31 heavy (non-hydrogen) atoms. The predicted octanol–water partition coefficient (Wildman–Crippen LogP) is 4.83. The van der Waals surface area contributed by atoms with E-state index < -0.39 is 15.8 Å². The highest BCUT2D eigenvalue weighted by molar-refractivity contribution is 7.92. The number of carbonyl (C=O) groups is 1. The van der Waals surface area contributed by atoms with Crippen LogP contribution in [0, 0.1) is 5.82 Å². The fourth-order valence-corrected chi connectivity index (χ4v) is 3.64. The molecule has 0 aromatic heterocycles. The molecule has 3 rings (SSSR count). The molecule has 0 atom stereocenters. The van der Waals surface area contributed by atoms with Crippen molar-refractivity contribution in [2.24, 2.45) is 0 Å². The van der Waals surface area contributed by atoms with Crippen molar-refractivity contribution in [2.75, 3.05) is 16.6 Å². The zero-order valence-corrected chi connectivity index (χ0v) is 17.6. The second kappa shape index (κ2) is 9.44. The molecule has 0 aliphatic rings. The first-order chi connectivity index (χ1) is 14.7. The maximum absolute atomic E-state index is 13.0. The third-order valence-electron chi connectivity index (χ3n) is 4.10. The van der Waals surface area contributed by atoms with Gasteiger partial charge in [0, 0.05) is 16.9 Å². The van der Waals surface area contributed by atoms with Gasteiger partial charge >= 0.3 is 0 Å². The largest absolute Gasteiger partial charge is 0.489 e. The van der Waals surface area contributed by atoms with Crippen molar-refractivity contribution in [3.63, 3.8) is 0 Å². The van der Waals surface area contributed by atoms with Gasteiger partial charge < -0.3 is 10.1 Å². The molecule has 3 aromatic rings. The summed E-state index contributed by atoms with van der Waals surface area (Å²) in [5, 5.41) is 2.72. The average Bonchev–Trinajstić information content (AvgIpc) is 2.74. The van der Waals surface area contributed by atoms with Crippen molar-refractivity contribution in [2.45, 2.75) is 11.8 Å². The fourth-order valence-electron chi connectivity index (χ4n) is 2.59. The minimum absolute atomic E-state index is 0.00464. The summed E-state index contributed by atoms with van der Waals surface area (Å²) in [7, 11) is -3.85. The molecule has 0 spiro atoms. The molecule has 2 N–H and O–H groups in total. The molecule has 0 heterocycles. The molecule has 0 aliphatic carbocycles. The highest BCUT2D eigenvalue weighted by Gasteiger charge is 2.15. The number of hydrogen-bond donors (Lipinski definition) is 2. The maximum atomic E-state index is 13.0. The van der Waals surface area contributed by atoms with Crippen molar-refractivity contribution < 1.29 is 22.3 Å². The van der Waals surface area contributed by atoms with Crippen LogP contribution in [-0.2, 0) is 10.0 Å². The van der Waals surface area contributed by atoms with E-state index in [1.165, 1.54) is 36.4 Å². The van der Waals surface area contributed by atoms with Gasteiger partial charge in [-0.15, -0.1) is 0 Å². The number of nitrogens with one attached hydrogen (secondary N) is 2. The van der Waals surface area contributed by atoms with Crippen molar-refractivity contribution in [1.29, 1.82) is 0 Å². The van der Waals surface area contributed by atoms with Gasteiger partial charge in [0.1, 0.15) is 18.2 Å². The highest BCUT2D eigenvalue weighted by Crippen LogP contribution is 2.20. The van der Waals surface area contributed by atoms with Crippen LogP contribution in [0.5, 0.6) is 5.75 Å². The summed E-state index contributed by atoms with van der Waals surface area (Å²) < 4.78 is 45.9. The van der Waals surface area contributed by atoms with E-state index in [4.69, 9.17) is 4.74 Å². The minimum atomic E-state index is -3.85. The molecule has 0 radical (unpaired) electrons. The van der Waals surface area contributed by atoms with Gasteiger partial charge in [0.25, 0.3) is 15.9 Å². The summed E-state index contributed by atoms with van der Waals surface area (Å²) in [5.74, 6) is -0.277. The van der Waals surface area contributed by atoms with Crippen LogP contribution in [0.15, 0.2) is 89.8 Å². The second-order valence-corrected chi connectivity index (χ2v) is 8.55. The molecule has 160 valence electrons. The smallest absolute Gasteiger partial charge is 0.261 e. The molecule has 0 fully saturated rings. The lowest BCUT2D eigenvalue weighted by atomic mass is 10.2. The number of sulfonamides is 1. The summed E-state index contributed by atoms with van der Waals surface area (Å²) in [6.45, 7) is 5.97. The van der Waals surface area contributed by atoms with E-state index in [9.17, 15) is 17.6 Å². The first-order valence-corrected chi connectivity index (χ1v) is 10.8. The van der Waals surface area contributed by atoms with E-state index >= 15 is 0 Å². The van der Waals surface area contributed by atoms with E-state index in [-0.39, 0.29) is 16.5 Å². The van der Waals surface area contributed by atoms with Crippen LogP contribution < -0.4 is 14.8 Å². The van der Waals surface area contributed by atoms with E-state index in [0.29, 0.717) is 23.6 Å². The van der Waals surface area contributed by atoms with Crippen LogP contribution >= 0.6 is 0 Å². The van der Waals surface area contributed by atoms with Gasteiger partial charge in [0.05, 0.1) is 4.90 Å². The molecular formula is C23H21FN2O4S. The molecule has 0 bridgehead atoms. The Balaban J connectivity index is 1.67. The Kier molecular flexibility index (Phi) is 6.71. The van der Waals surface area contributed by atoms with Crippen LogP contribution in [0.2, 0.25) is 0 Å². The molecule has 6 nitrogen and oxygen atoms in total. The zero-order valence-electron chi connectivity index (χ0n) is 16.8. The highest BCUT2D eigenvalue weighted by atomic mass is 32.2. The Morgan fingerprint density at radius 2 is 1.65 bits per heavy atom. The first kappa shape index (κ1) is 22.0. The van der Waals surface area contributed by atoms with Crippen LogP contribution in [0.3, 0.4) is 0 Å². The fraction of sp³-hybridized carbons (Fsp3) is 0.0870. The molecule has 3 aromatic carbocycles. The van der Waals surface area contributed by atoms with Gasteiger partial charge in [-0.05, 0) is 79.2 Å². The summed E-state index contributed by atoms with van der Waals surface area (Å²) in [6, 6.07) is 17.4. The Hall–Kier alpha value is -3.65. The summed E-state index contributed by atoms with van der Waals surface area (Å²) in [4.78, 5) is 12.5. The Bertz CT molecular complexity index is 1190. The topological polar surface area (TPSA) is 84.5 Å². The summed E-state index contributed by atoms with van der Waals surface area (Å²) in [5.41, 5.74) is 1.93. The van der Waals surface area contributed by atoms with Gasteiger partial charge in [-0.2, -0.15) is 0 Å². The molecule has 0 saturated carbocycles. The number of anilines is 2. The normalized spacial score (nSPS) is 10.9. The van der Waals surface area contributed by atoms with E-state index in [1.807, 2.05) is 6.92 Å².